The van der Waals surface area contributed by atoms with Gasteiger partial charge in [-0.25, -0.2) is 4.79 Å². The van der Waals surface area contributed by atoms with Gasteiger partial charge in [0.15, 0.2) is 0 Å². The van der Waals surface area contributed by atoms with Gasteiger partial charge in [0, 0.05) is 17.4 Å². The van der Waals surface area contributed by atoms with Crippen LogP contribution in [0.15, 0.2) is 0 Å². The van der Waals surface area contributed by atoms with Gasteiger partial charge in [-0.1, -0.05) is 15.9 Å². The van der Waals surface area contributed by atoms with Crippen LogP contribution in [0.3, 0.4) is 0 Å². The van der Waals surface area contributed by atoms with Crippen molar-refractivity contribution in [2.75, 3.05) is 18.5 Å². The molecule has 2 amide bonds. The summed E-state index contributed by atoms with van der Waals surface area (Å²) in [6.07, 6.45) is 2.11. The summed E-state index contributed by atoms with van der Waals surface area (Å²) in [5.41, 5.74) is -0.605. The summed E-state index contributed by atoms with van der Waals surface area (Å²) in [6, 6.07) is -0.251. The first-order chi connectivity index (χ1) is 8.41. The Hall–Kier alpha value is -0.780. The zero-order valence-corrected chi connectivity index (χ0v) is 12.9. The van der Waals surface area contributed by atoms with Crippen LogP contribution in [0, 0.1) is 0 Å². The third-order valence-corrected chi connectivity index (χ3v) is 2.75. The largest absolute Gasteiger partial charge is 0.466 e. The molecule has 0 fully saturated rings. The van der Waals surface area contributed by atoms with Crippen LogP contribution >= 0.6 is 15.9 Å². The van der Waals surface area contributed by atoms with E-state index >= 15 is 0 Å². The number of nitrogens with one attached hydrogen (secondary N) is 2. The van der Waals surface area contributed by atoms with Crippen LogP contribution in [0.1, 0.15) is 40.0 Å². The van der Waals surface area contributed by atoms with Gasteiger partial charge in [-0.15, -0.1) is 0 Å². The monoisotopic (exact) mass is 322 g/mol. The molecule has 0 aromatic rings. The average Bonchev–Trinajstić information content (AvgIpc) is 2.23. The minimum absolute atomic E-state index is 0.162. The SMILES string of the molecule is CCOC(=O)CC(C)(C)NC(=O)NCCCCBr. The van der Waals surface area contributed by atoms with Gasteiger partial charge in [0.05, 0.1) is 13.0 Å². The predicted molar refractivity (Wildman–Crippen MR) is 74.9 cm³/mol. The van der Waals surface area contributed by atoms with E-state index in [0.29, 0.717) is 13.2 Å². The first kappa shape index (κ1) is 17.2. The lowest BCUT2D eigenvalue weighted by atomic mass is 10.0. The van der Waals surface area contributed by atoms with Crippen molar-refractivity contribution in [1.29, 1.82) is 0 Å². The Kier molecular flexibility index (Phi) is 8.79. The standard InChI is InChI=1S/C12H23BrN2O3/c1-4-18-10(16)9-12(2,3)15-11(17)14-8-6-5-7-13/h4-9H2,1-3H3,(H2,14,15,17). The Morgan fingerprint density at radius 2 is 1.94 bits per heavy atom. The molecule has 6 heteroatoms. The minimum Gasteiger partial charge on any atom is -0.466 e. The molecule has 0 saturated heterocycles. The molecule has 0 spiro atoms. The summed E-state index contributed by atoms with van der Waals surface area (Å²) < 4.78 is 4.86. The summed E-state index contributed by atoms with van der Waals surface area (Å²) in [5, 5.41) is 6.45. The van der Waals surface area contributed by atoms with Crippen molar-refractivity contribution in [3.63, 3.8) is 0 Å². The lowest BCUT2D eigenvalue weighted by molar-refractivity contribution is -0.144. The molecule has 5 nitrogen and oxygen atoms in total. The fourth-order valence-electron chi connectivity index (χ4n) is 1.39. The summed E-state index contributed by atoms with van der Waals surface area (Å²) in [4.78, 5) is 22.9. The van der Waals surface area contributed by atoms with Crippen molar-refractivity contribution in [3.05, 3.63) is 0 Å². The molecule has 0 aliphatic heterocycles. The summed E-state index contributed by atoms with van der Waals surface area (Å²) in [6.45, 7) is 6.33. The molecule has 0 heterocycles. The molecule has 0 aliphatic carbocycles. The number of ether oxygens (including phenoxy) is 1. The quantitative estimate of drug-likeness (QED) is 0.409. The maximum absolute atomic E-state index is 11.6. The number of urea groups is 1. The van der Waals surface area contributed by atoms with Crippen LogP contribution in [-0.2, 0) is 9.53 Å². The van der Waals surface area contributed by atoms with Crippen molar-refractivity contribution in [3.8, 4) is 0 Å². The van der Waals surface area contributed by atoms with Crippen molar-refractivity contribution >= 4 is 27.9 Å². The molecule has 18 heavy (non-hydrogen) atoms. The number of hydrogen-bond donors (Lipinski definition) is 2. The highest BCUT2D eigenvalue weighted by Gasteiger charge is 2.24. The molecule has 0 aromatic carbocycles. The van der Waals surface area contributed by atoms with E-state index in [1.54, 1.807) is 20.8 Å². The van der Waals surface area contributed by atoms with Gasteiger partial charge in [-0.3, -0.25) is 4.79 Å². The Bertz CT molecular complexity index is 270. The minimum atomic E-state index is -0.605. The smallest absolute Gasteiger partial charge is 0.315 e. The van der Waals surface area contributed by atoms with Crippen molar-refractivity contribution in [2.45, 2.75) is 45.6 Å². The fraction of sp³-hybridized carbons (Fsp3) is 0.833. The van der Waals surface area contributed by atoms with Gasteiger partial charge in [0.2, 0.25) is 0 Å². The Morgan fingerprint density at radius 3 is 2.50 bits per heavy atom. The third kappa shape index (κ3) is 9.27. The molecule has 2 N–H and O–H groups in total. The van der Waals surface area contributed by atoms with Gasteiger partial charge >= 0.3 is 12.0 Å². The lowest BCUT2D eigenvalue weighted by Crippen LogP contribution is -2.49. The van der Waals surface area contributed by atoms with Gasteiger partial charge < -0.3 is 15.4 Å². The van der Waals surface area contributed by atoms with E-state index in [1.165, 1.54) is 0 Å². The molecule has 0 aliphatic rings. The van der Waals surface area contributed by atoms with Crippen LogP contribution in [0.5, 0.6) is 0 Å². The number of alkyl halides is 1. The predicted octanol–water partition coefficient (Wildman–Crippen LogP) is 2.19. The van der Waals surface area contributed by atoms with E-state index in [1.807, 2.05) is 0 Å². The van der Waals surface area contributed by atoms with Crippen LogP contribution < -0.4 is 10.6 Å². The fourth-order valence-corrected chi connectivity index (χ4v) is 1.79. The molecule has 0 atom stereocenters. The summed E-state index contributed by atoms with van der Waals surface area (Å²) in [5.74, 6) is -0.304. The second-order valence-electron chi connectivity index (χ2n) is 4.64. The maximum atomic E-state index is 11.6. The van der Waals surface area contributed by atoms with Crippen molar-refractivity contribution in [2.24, 2.45) is 0 Å². The van der Waals surface area contributed by atoms with Crippen LogP contribution in [0.2, 0.25) is 0 Å². The van der Waals surface area contributed by atoms with Gasteiger partial charge in [-0.2, -0.15) is 0 Å². The normalized spacial score (nSPS) is 10.9. The van der Waals surface area contributed by atoms with Gasteiger partial charge in [0.1, 0.15) is 0 Å². The molecular weight excluding hydrogens is 300 g/mol. The highest BCUT2D eigenvalue weighted by molar-refractivity contribution is 9.09. The molecule has 0 rings (SSSR count). The van der Waals surface area contributed by atoms with Gasteiger partial charge in [0.25, 0.3) is 0 Å². The molecule has 0 bridgehead atoms. The molecule has 0 saturated carbocycles. The second kappa shape index (κ2) is 9.19. The van der Waals surface area contributed by atoms with Crippen LogP contribution in [-0.4, -0.2) is 36.0 Å². The van der Waals surface area contributed by atoms with Crippen LogP contribution in [0.25, 0.3) is 0 Å². The number of halogens is 1. The number of carbonyl (C=O) groups is 2. The number of esters is 1. The average molecular weight is 323 g/mol. The van der Waals surface area contributed by atoms with E-state index in [2.05, 4.69) is 26.6 Å². The summed E-state index contributed by atoms with van der Waals surface area (Å²) in [7, 11) is 0. The first-order valence-electron chi connectivity index (χ1n) is 6.19. The van der Waals surface area contributed by atoms with E-state index in [9.17, 15) is 9.59 Å². The Balaban J connectivity index is 3.91. The van der Waals surface area contributed by atoms with E-state index < -0.39 is 5.54 Å². The van der Waals surface area contributed by atoms with Crippen LogP contribution in [0.4, 0.5) is 4.79 Å². The molecule has 0 unspecified atom stereocenters. The first-order valence-corrected chi connectivity index (χ1v) is 7.31. The number of rotatable bonds is 8. The Morgan fingerprint density at radius 1 is 1.28 bits per heavy atom. The highest BCUT2D eigenvalue weighted by atomic mass is 79.9. The molecule has 0 aromatic heterocycles. The maximum Gasteiger partial charge on any atom is 0.315 e. The number of hydrogen-bond acceptors (Lipinski definition) is 3. The van der Waals surface area contributed by atoms with Crippen molar-refractivity contribution < 1.29 is 14.3 Å². The Labute approximate surface area is 117 Å². The molecular formula is C12H23BrN2O3. The van der Waals surface area contributed by atoms with E-state index in [-0.39, 0.29) is 18.4 Å². The third-order valence-electron chi connectivity index (χ3n) is 2.19. The lowest BCUT2D eigenvalue weighted by Gasteiger charge is -2.25. The zero-order chi connectivity index (χ0) is 14.0. The van der Waals surface area contributed by atoms with E-state index in [4.69, 9.17) is 4.74 Å². The number of amides is 2. The summed E-state index contributed by atoms with van der Waals surface area (Å²) >= 11 is 3.33. The topological polar surface area (TPSA) is 67.4 Å². The zero-order valence-electron chi connectivity index (χ0n) is 11.3. The van der Waals surface area contributed by atoms with Crippen molar-refractivity contribution in [1.82, 2.24) is 10.6 Å². The highest BCUT2D eigenvalue weighted by Crippen LogP contribution is 2.09. The molecule has 106 valence electrons. The molecule has 0 radical (unpaired) electrons. The van der Waals surface area contributed by atoms with Gasteiger partial charge in [-0.05, 0) is 33.6 Å². The number of unbranched alkanes of at least 4 members (excludes halogenated alkanes) is 1. The van der Waals surface area contributed by atoms with E-state index in [0.717, 1.165) is 18.2 Å². The number of carbonyl (C=O) groups excluding carboxylic acids is 2. The second-order valence-corrected chi connectivity index (χ2v) is 5.44.